The van der Waals surface area contributed by atoms with Crippen LogP contribution >= 0.6 is 0 Å². The molecule has 2 N–H and O–H groups in total. The number of benzene rings is 2. The fraction of sp³-hybridized carbons (Fsp3) is 0.222. The lowest BCUT2D eigenvalue weighted by atomic mass is 10.0. The van der Waals surface area contributed by atoms with Crippen LogP contribution in [0.5, 0.6) is 0 Å². The number of nitrogens with one attached hydrogen (secondary N) is 2. The number of fused-ring (bicyclic) bond motifs is 1. The van der Waals surface area contributed by atoms with Crippen LogP contribution in [0.1, 0.15) is 17.3 Å². The topological polar surface area (TPSA) is 61.0 Å². The lowest BCUT2D eigenvalue weighted by Crippen LogP contribution is -2.50. The summed E-state index contributed by atoms with van der Waals surface area (Å²) < 4.78 is 37.7. The third-order valence-electron chi connectivity index (χ3n) is 4.43. The number of rotatable bonds is 2. The molecule has 0 radical (unpaired) electrons. The molecule has 0 spiro atoms. The number of hydrogen-bond donors (Lipinski definition) is 2. The van der Waals surface area contributed by atoms with Gasteiger partial charge in [-0.1, -0.05) is 12.1 Å². The van der Waals surface area contributed by atoms with Crippen LogP contribution in [0, 0.1) is 0 Å². The number of para-hydroxylation sites is 2. The van der Waals surface area contributed by atoms with Gasteiger partial charge in [0.15, 0.2) is 0 Å². The zero-order valence-corrected chi connectivity index (χ0v) is 13.5. The van der Waals surface area contributed by atoms with Crippen molar-refractivity contribution in [3.05, 3.63) is 59.9 Å². The molecule has 0 unspecified atom stereocenters. The Morgan fingerprint density at radius 2 is 1.81 bits per heavy atom. The predicted octanol–water partition coefficient (Wildman–Crippen LogP) is 4.21. The summed E-state index contributed by atoms with van der Waals surface area (Å²) in [7, 11) is 0. The first-order chi connectivity index (χ1) is 12.4. The number of aromatic nitrogens is 2. The average Bonchev–Trinajstić information content (AvgIpc) is 2.96. The summed E-state index contributed by atoms with van der Waals surface area (Å²) in [5.74, 6) is 0.963. The molecule has 4 rings (SSSR count). The number of likely N-dealkylation sites (tertiary alicyclic amines) is 1. The second-order valence-corrected chi connectivity index (χ2v) is 6.25. The van der Waals surface area contributed by atoms with Crippen LogP contribution in [0.2, 0.25) is 0 Å². The number of carbonyl (C=O) groups is 1. The molecule has 1 aliphatic heterocycles. The summed E-state index contributed by atoms with van der Waals surface area (Å²) in [6.45, 7) is 1.01. The molecule has 1 saturated heterocycles. The Morgan fingerprint density at radius 1 is 1.12 bits per heavy atom. The monoisotopic (exact) mass is 360 g/mol. The Labute approximate surface area is 146 Å². The van der Waals surface area contributed by atoms with Crippen LogP contribution in [-0.4, -0.2) is 34.0 Å². The smallest absolute Gasteiger partial charge is 0.342 e. The number of alkyl halides is 3. The normalized spacial score (nSPS) is 15.1. The predicted molar refractivity (Wildman–Crippen MR) is 90.9 cm³/mol. The summed E-state index contributed by atoms with van der Waals surface area (Å²) >= 11 is 0. The van der Waals surface area contributed by atoms with E-state index in [0.717, 1.165) is 29.0 Å². The average molecular weight is 360 g/mol. The minimum Gasteiger partial charge on any atom is -0.342 e. The van der Waals surface area contributed by atoms with Gasteiger partial charge in [0.05, 0.1) is 22.5 Å². The number of amides is 2. The van der Waals surface area contributed by atoms with Crippen LogP contribution in [0.4, 0.5) is 23.7 Å². The highest BCUT2D eigenvalue weighted by atomic mass is 19.4. The van der Waals surface area contributed by atoms with Crippen molar-refractivity contribution in [2.45, 2.75) is 12.1 Å². The first-order valence-corrected chi connectivity index (χ1v) is 8.08. The van der Waals surface area contributed by atoms with Crippen molar-refractivity contribution < 1.29 is 18.0 Å². The SMILES string of the molecule is O=C(Nc1ccc(C(F)(F)F)cc1)N1CC(c2nc3ccccc3[nH]2)C1. The van der Waals surface area contributed by atoms with E-state index >= 15 is 0 Å². The van der Waals surface area contributed by atoms with Crippen molar-refractivity contribution in [1.29, 1.82) is 0 Å². The van der Waals surface area contributed by atoms with Crippen LogP contribution in [0.3, 0.4) is 0 Å². The number of aromatic amines is 1. The number of carbonyl (C=O) groups excluding carboxylic acids is 1. The maximum absolute atomic E-state index is 12.6. The highest BCUT2D eigenvalue weighted by Crippen LogP contribution is 2.30. The second-order valence-electron chi connectivity index (χ2n) is 6.25. The lowest BCUT2D eigenvalue weighted by Gasteiger charge is -2.38. The second kappa shape index (κ2) is 6.05. The molecule has 2 aromatic carbocycles. The van der Waals surface area contributed by atoms with Crippen LogP contribution in [0.25, 0.3) is 11.0 Å². The van der Waals surface area contributed by atoms with Crippen molar-refractivity contribution in [3.8, 4) is 0 Å². The van der Waals surface area contributed by atoms with E-state index in [4.69, 9.17) is 0 Å². The molecule has 26 heavy (non-hydrogen) atoms. The van der Waals surface area contributed by atoms with Gasteiger partial charge in [0.25, 0.3) is 0 Å². The van der Waals surface area contributed by atoms with Gasteiger partial charge in [0.2, 0.25) is 0 Å². The van der Waals surface area contributed by atoms with Gasteiger partial charge in [-0.3, -0.25) is 0 Å². The van der Waals surface area contributed by atoms with Gasteiger partial charge in [-0.15, -0.1) is 0 Å². The van der Waals surface area contributed by atoms with E-state index in [1.165, 1.54) is 12.1 Å². The zero-order chi connectivity index (χ0) is 18.3. The molecule has 8 heteroatoms. The van der Waals surface area contributed by atoms with Gasteiger partial charge in [-0.2, -0.15) is 13.2 Å². The van der Waals surface area contributed by atoms with Crippen LogP contribution in [0.15, 0.2) is 48.5 Å². The first kappa shape index (κ1) is 16.4. The lowest BCUT2D eigenvalue weighted by molar-refractivity contribution is -0.137. The molecule has 0 saturated carbocycles. The molecule has 0 atom stereocenters. The third kappa shape index (κ3) is 3.10. The third-order valence-corrected chi connectivity index (χ3v) is 4.43. The molecule has 2 amide bonds. The Balaban J connectivity index is 1.36. The van der Waals surface area contributed by atoms with Gasteiger partial charge in [-0.25, -0.2) is 9.78 Å². The molecule has 0 aliphatic carbocycles. The summed E-state index contributed by atoms with van der Waals surface area (Å²) in [6.07, 6.45) is -4.39. The molecule has 5 nitrogen and oxygen atoms in total. The first-order valence-electron chi connectivity index (χ1n) is 8.08. The minimum absolute atomic E-state index is 0.126. The largest absolute Gasteiger partial charge is 0.416 e. The molecular formula is C18H15F3N4O. The standard InChI is InChI=1S/C18H15F3N4O/c19-18(20,21)12-5-7-13(8-6-12)22-17(26)25-9-11(10-25)16-23-14-3-1-2-4-15(14)24-16/h1-8,11H,9-10H2,(H,22,26)(H,23,24). The van der Waals surface area contributed by atoms with E-state index in [0.29, 0.717) is 18.8 Å². The molecule has 134 valence electrons. The van der Waals surface area contributed by atoms with Crippen molar-refractivity contribution in [2.24, 2.45) is 0 Å². The highest BCUT2D eigenvalue weighted by molar-refractivity contribution is 5.90. The van der Waals surface area contributed by atoms with Gasteiger partial charge in [-0.05, 0) is 36.4 Å². The number of imidazole rings is 1. The summed E-state index contributed by atoms with van der Waals surface area (Å²) in [4.78, 5) is 21.6. The number of hydrogen-bond acceptors (Lipinski definition) is 2. The quantitative estimate of drug-likeness (QED) is 0.719. The van der Waals surface area contributed by atoms with Gasteiger partial charge >= 0.3 is 12.2 Å². The molecule has 1 aliphatic rings. The molecule has 2 heterocycles. The molecule has 1 aromatic heterocycles. The minimum atomic E-state index is -4.39. The van der Waals surface area contributed by atoms with E-state index in [-0.39, 0.29) is 11.9 Å². The maximum atomic E-state index is 12.6. The summed E-state index contributed by atoms with van der Waals surface area (Å²) in [5.41, 5.74) is 1.42. The van der Waals surface area contributed by atoms with E-state index < -0.39 is 11.7 Å². The highest BCUT2D eigenvalue weighted by Gasteiger charge is 2.34. The number of nitrogens with zero attached hydrogens (tertiary/aromatic N) is 2. The summed E-state index contributed by atoms with van der Waals surface area (Å²) in [6, 6.07) is 11.8. The number of halogens is 3. The van der Waals surface area contributed by atoms with Crippen molar-refractivity contribution in [2.75, 3.05) is 18.4 Å². The van der Waals surface area contributed by atoms with Crippen LogP contribution < -0.4 is 5.32 Å². The summed E-state index contributed by atoms with van der Waals surface area (Å²) in [5, 5.41) is 2.61. The fourth-order valence-electron chi connectivity index (χ4n) is 2.93. The zero-order valence-electron chi connectivity index (χ0n) is 13.5. The molecular weight excluding hydrogens is 345 g/mol. The Hall–Kier alpha value is -3.03. The number of H-pyrrole nitrogens is 1. The van der Waals surface area contributed by atoms with E-state index in [1.807, 2.05) is 24.3 Å². The van der Waals surface area contributed by atoms with Crippen molar-refractivity contribution in [3.63, 3.8) is 0 Å². The Morgan fingerprint density at radius 3 is 2.46 bits per heavy atom. The van der Waals surface area contributed by atoms with Crippen molar-refractivity contribution in [1.82, 2.24) is 14.9 Å². The van der Waals surface area contributed by atoms with Gasteiger partial charge in [0.1, 0.15) is 5.82 Å². The Kier molecular flexibility index (Phi) is 3.82. The van der Waals surface area contributed by atoms with Crippen molar-refractivity contribution >= 4 is 22.8 Å². The Bertz CT molecular complexity index is 910. The molecule has 3 aromatic rings. The maximum Gasteiger partial charge on any atom is 0.416 e. The number of anilines is 1. The van der Waals surface area contributed by atoms with E-state index in [2.05, 4.69) is 15.3 Å². The molecule has 0 bridgehead atoms. The van der Waals surface area contributed by atoms with E-state index in [1.54, 1.807) is 4.90 Å². The van der Waals surface area contributed by atoms with E-state index in [9.17, 15) is 18.0 Å². The van der Waals surface area contributed by atoms with Gasteiger partial charge < -0.3 is 15.2 Å². The number of urea groups is 1. The van der Waals surface area contributed by atoms with Gasteiger partial charge in [0, 0.05) is 18.8 Å². The van der Waals surface area contributed by atoms with Crippen LogP contribution in [-0.2, 0) is 6.18 Å². The molecule has 1 fully saturated rings. The fourth-order valence-corrected chi connectivity index (χ4v) is 2.93.